The smallest absolute Gasteiger partial charge is 0.339 e. The minimum atomic E-state index is -1.44. The number of carboxylic acids is 1. The molecule has 1 atom stereocenters. The highest BCUT2D eigenvalue weighted by atomic mass is 16.5. The molecule has 0 aliphatic rings. The summed E-state index contributed by atoms with van der Waals surface area (Å²) in [6.45, 7) is 1.62. The van der Waals surface area contributed by atoms with Crippen molar-refractivity contribution in [2.75, 3.05) is 35.5 Å². The van der Waals surface area contributed by atoms with Gasteiger partial charge in [0.25, 0.3) is 23.6 Å². The van der Waals surface area contributed by atoms with Crippen molar-refractivity contribution in [1.82, 2.24) is 20.7 Å². The van der Waals surface area contributed by atoms with Crippen LogP contribution in [0.1, 0.15) is 59.6 Å². The fourth-order valence-corrected chi connectivity index (χ4v) is 6.33. The average Bonchev–Trinajstić information content (AvgIpc) is 3.80. The van der Waals surface area contributed by atoms with Crippen LogP contribution in [-0.4, -0.2) is 96.7 Å². The summed E-state index contributed by atoms with van der Waals surface area (Å²) in [5.74, 6) is -7.62. The third-order valence-corrected chi connectivity index (χ3v) is 9.70. The number of ether oxygens (including phenoxy) is 2. The molecular weight excluding hydrogens is 861 g/mol. The van der Waals surface area contributed by atoms with Gasteiger partial charge in [0, 0.05) is 35.0 Å². The van der Waals surface area contributed by atoms with Gasteiger partial charge in [-0.25, -0.2) is 4.79 Å². The number of carbonyl (C=O) groups is 6. The van der Waals surface area contributed by atoms with Gasteiger partial charge in [0.1, 0.15) is 23.1 Å². The van der Waals surface area contributed by atoms with Gasteiger partial charge in [-0.05, 0) is 91.4 Å². The molecule has 6 rings (SSSR count). The monoisotopic (exact) mass is 900 g/mol. The first kappa shape index (κ1) is 46.1. The molecule has 21 nitrogen and oxygen atoms in total. The first-order valence-corrected chi connectivity index (χ1v) is 19.4. The molecule has 338 valence electrons. The van der Waals surface area contributed by atoms with Crippen LogP contribution in [0.15, 0.2) is 103 Å². The number of H-pyrrole nitrogens is 1. The lowest BCUT2D eigenvalue weighted by molar-refractivity contribution is -0.118. The van der Waals surface area contributed by atoms with E-state index >= 15 is 0 Å². The molecule has 6 aromatic rings. The first-order valence-electron chi connectivity index (χ1n) is 19.4. The van der Waals surface area contributed by atoms with Gasteiger partial charge >= 0.3 is 5.97 Å². The number of hydrogen-bond donors (Lipinski definition) is 11. The Morgan fingerprint density at radius 2 is 1.26 bits per heavy atom. The van der Waals surface area contributed by atoms with E-state index in [9.17, 15) is 54.3 Å². The maximum atomic E-state index is 13.6. The Bertz CT molecular complexity index is 2860. The molecule has 0 fully saturated rings. The number of nitrogens with one attached hydrogen (secondary N) is 6. The number of carboxylic acid groups (broad SMARTS) is 1. The highest BCUT2D eigenvalue weighted by molar-refractivity contribution is 6.11. The zero-order chi connectivity index (χ0) is 47.7. The molecule has 0 aliphatic heterocycles. The largest absolute Gasteiger partial charge is 0.508 e. The fourth-order valence-electron chi connectivity index (χ4n) is 6.33. The Labute approximate surface area is 373 Å². The van der Waals surface area contributed by atoms with Gasteiger partial charge in [-0.1, -0.05) is 17.3 Å². The van der Waals surface area contributed by atoms with Crippen molar-refractivity contribution in [3.63, 3.8) is 0 Å². The van der Waals surface area contributed by atoms with Crippen molar-refractivity contribution in [2.45, 2.75) is 19.4 Å². The van der Waals surface area contributed by atoms with Crippen molar-refractivity contribution in [3.8, 4) is 34.5 Å². The van der Waals surface area contributed by atoms with Gasteiger partial charge in [0.05, 0.1) is 48.6 Å². The minimum Gasteiger partial charge on any atom is -0.508 e. The summed E-state index contributed by atoms with van der Waals surface area (Å²) < 4.78 is 10.3. The minimum absolute atomic E-state index is 0.0408. The van der Waals surface area contributed by atoms with Crippen LogP contribution in [0.4, 0.5) is 22.7 Å². The van der Waals surface area contributed by atoms with Gasteiger partial charge in [0.15, 0.2) is 23.0 Å². The summed E-state index contributed by atoms with van der Waals surface area (Å²) in [5, 5.41) is 73.9. The predicted octanol–water partition coefficient (Wildman–Crippen LogP) is 4.87. The molecule has 0 saturated carbocycles. The quantitative estimate of drug-likeness (QED) is 0.0578. The highest BCUT2D eigenvalue weighted by Crippen LogP contribution is 2.41. The van der Waals surface area contributed by atoms with Crippen LogP contribution in [0.3, 0.4) is 0 Å². The Balaban J connectivity index is 1.10. The molecule has 21 heteroatoms. The topological polar surface area (TPSA) is 324 Å². The second kappa shape index (κ2) is 20.2. The first-order chi connectivity index (χ1) is 31.6. The number of carbonyl (C=O) groups excluding carboxylic acids is 5. The molecule has 5 amide bonds. The van der Waals surface area contributed by atoms with Crippen LogP contribution < -0.4 is 36.1 Å². The number of aromatic nitrogens is 3. The van der Waals surface area contributed by atoms with Gasteiger partial charge in [-0.3, -0.25) is 29.1 Å². The lowest BCUT2D eigenvalue weighted by Crippen LogP contribution is -2.45. The predicted molar refractivity (Wildman–Crippen MR) is 237 cm³/mol. The summed E-state index contributed by atoms with van der Waals surface area (Å²) in [6.07, 6.45) is 2.93. The molecule has 0 unspecified atom stereocenters. The van der Waals surface area contributed by atoms with Crippen LogP contribution in [-0.2, 0) is 16.0 Å². The van der Waals surface area contributed by atoms with Crippen LogP contribution in [0, 0.1) is 0 Å². The Morgan fingerprint density at radius 3 is 1.83 bits per heavy atom. The average molecular weight is 901 g/mol. The zero-order valence-corrected chi connectivity index (χ0v) is 35.0. The van der Waals surface area contributed by atoms with Crippen molar-refractivity contribution in [1.29, 1.82) is 0 Å². The second-order valence-corrected chi connectivity index (χ2v) is 14.2. The number of aromatic amines is 1. The summed E-state index contributed by atoms with van der Waals surface area (Å²) in [5.41, 5.74) is 0.770. The Morgan fingerprint density at radius 1 is 0.682 bits per heavy atom. The highest BCUT2D eigenvalue weighted by Gasteiger charge is 2.26. The lowest BCUT2D eigenvalue weighted by Gasteiger charge is -2.18. The Hall–Kier alpha value is -9.40. The number of nitrogens with zero attached hydrogens (tertiary/aromatic N) is 2. The molecule has 1 aromatic heterocycles. The summed E-state index contributed by atoms with van der Waals surface area (Å²) in [6, 6.07) is 19.2. The number of anilines is 4. The van der Waals surface area contributed by atoms with E-state index in [2.05, 4.69) is 42.0 Å². The number of amides is 5. The number of aromatic hydroxyl groups is 4. The van der Waals surface area contributed by atoms with E-state index in [0.29, 0.717) is 22.5 Å². The van der Waals surface area contributed by atoms with E-state index in [-0.39, 0.29) is 57.4 Å². The van der Waals surface area contributed by atoms with E-state index in [4.69, 9.17) is 9.47 Å². The standard InChI is InChI=1S/C45H40N8O13/c1-22(18-23-4-11-28(54)12-5-23)40(58)47-25-8-6-24(7-9-25)41(59)51-34(19-27-21-46-53-52-27)44(62)48-26-10-13-29(35(55)20-26)42(60)49-32-16-14-30(36(56)38(32)65-2)43(61)50-33-17-15-31(45(63)64)37(57)39(33)66-3/h4-18,20-21,34,54-57H,19H2,1-3H3,(H,47,58)(H,48,62)(H,49,60)(H,50,61)(H,51,59)(H,63,64)(H,46,52,53)/b22-18+/t34-/m0/s1. The lowest BCUT2D eigenvalue weighted by atomic mass is 10.1. The molecule has 0 aliphatic carbocycles. The second-order valence-electron chi connectivity index (χ2n) is 14.2. The third-order valence-electron chi connectivity index (χ3n) is 9.70. The number of benzene rings is 5. The number of methoxy groups -OCH3 is 2. The van der Waals surface area contributed by atoms with Gasteiger partial charge in [0.2, 0.25) is 5.91 Å². The molecule has 0 saturated heterocycles. The summed E-state index contributed by atoms with van der Waals surface area (Å²) in [4.78, 5) is 77.7. The number of rotatable bonds is 16. The maximum Gasteiger partial charge on any atom is 0.339 e. The van der Waals surface area contributed by atoms with Crippen molar-refractivity contribution in [3.05, 3.63) is 136 Å². The molecular formula is C45H40N8O13. The Kier molecular flexibility index (Phi) is 14.1. The van der Waals surface area contributed by atoms with E-state index in [1.54, 1.807) is 25.1 Å². The van der Waals surface area contributed by atoms with E-state index < -0.39 is 64.4 Å². The number of phenols is 4. The van der Waals surface area contributed by atoms with Gasteiger partial charge < -0.3 is 61.6 Å². The maximum absolute atomic E-state index is 13.6. The van der Waals surface area contributed by atoms with E-state index in [1.807, 2.05) is 0 Å². The molecule has 0 spiro atoms. The summed E-state index contributed by atoms with van der Waals surface area (Å²) in [7, 11) is 2.31. The van der Waals surface area contributed by atoms with Crippen LogP contribution in [0.5, 0.6) is 34.5 Å². The number of aromatic carboxylic acids is 1. The van der Waals surface area contributed by atoms with Gasteiger partial charge in [-0.15, -0.1) is 5.10 Å². The molecule has 66 heavy (non-hydrogen) atoms. The van der Waals surface area contributed by atoms with Crippen LogP contribution in [0.25, 0.3) is 6.08 Å². The molecule has 0 radical (unpaired) electrons. The van der Waals surface area contributed by atoms with Gasteiger partial charge in [-0.2, -0.15) is 0 Å². The number of phenolic OH excluding ortho intramolecular Hbond substituents is 3. The fraction of sp³-hybridized carbons (Fsp3) is 0.111. The number of hydrogen-bond acceptors (Lipinski definition) is 14. The van der Waals surface area contributed by atoms with Crippen LogP contribution >= 0.6 is 0 Å². The van der Waals surface area contributed by atoms with Crippen molar-refractivity contribution >= 4 is 64.3 Å². The van der Waals surface area contributed by atoms with Crippen LogP contribution in [0.2, 0.25) is 0 Å². The molecule has 1 heterocycles. The summed E-state index contributed by atoms with van der Waals surface area (Å²) >= 11 is 0. The normalized spacial score (nSPS) is 11.4. The van der Waals surface area contributed by atoms with E-state index in [0.717, 1.165) is 32.4 Å². The van der Waals surface area contributed by atoms with Crippen molar-refractivity contribution in [2.24, 2.45) is 0 Å². The third kappa shape index (κ3) is 10.8. The SMILES string of the molecule is COc1c(NC(=O)c2ccc(NC(=O)c3ccc(NC(=O)[C@H](Cc4cnn[nH]4)NC(=O)c4ccc(NC(=O)/C(C)=C/c5ccc(O)cc5)cc4)cc3O)c(OC)c2O)ccc(C(=O)O)c1O. The molecule has 5 aromatic carbocycles. The van der Waals surface area contributed by atoms with E-state index in [1.165, 1.54) is 66.9 Å². The molecule has 0 bridgehead atoms. The molecule has 11 N–H and O–H groups in total. The zero-order valence-electron chi connectivity index (χ0n) is 35.0. The van der Waals surface area contributed by atoms with Crippen molar-refractivity contribution < 1.29 is 63.8 Å².